The van der Waals surface area contributed by atoms with Crippen LogP contribution in [0.2, 0.25) is 0 Å². The highest BCUT2D eigenvalue weighted by Gasteiger charge is 2.39. The lowest BCUT2D eigenvalue weighted by Gasteiger charge is -2.47. The van der Waals surface area contributed by atoms with Crippen LogP contribution in [0, 0.1) is 11.8 Å². The van der Waals surface area contributed by atoms with Crippen molar-refractivity contribution < 1.29 is 13.2 Å². The van der Waals surface area contributed by atoms with E-state index < -0.39 is 10.0 Å². The van der Waals surface area contributed by atoms with Crippen molar-refractivity contribution >= 4 is 15.9 Å². The lowest BCUT2D eigenvalue weighted by atomic mass is 9.72. The van der Waals surface area contributed by atoms with Gasteiger partial charge in [0, 0.05) is 19.6 Å². The van der Waals surface area contributed by atoms with Crippen molar-refractivity contribution in [3.05, 3.63) is 0 Å². The Labute approximate surface area is 128 Å². The van der Waals surface area contributed by atoms with E-state index in [1.54, 1.807) is 6.92 Å². The summed E-state index contributed by atoms with van der Waals surface area (Å²) in [6.07, 6.45) is 5.76. The van der Waals surface area contributed by atoms with Crippen LogP contribution in [-0.2, 0) is 14.8 Å². The van der Waals surface area contributed by atoms with Crippen LogP contribution in [0.4, 0.5) is 0 Å². The van der Waals surface area contributed by atoms with E-state index in [0.717, 1.165) is 19.4 Å². The summed E-state index contributed by atoms with van der Waals surface area (Å²) in [5, 5.41) is 0. The van der Waals surface area contributed by atoms with Crippen LogP contribution in [0.25, 0.3) is 0 Å². The van der Waals surface area contributed by atoms with Gasteiger partial charge in [0.25, 0.3) is 0 Å². The first kappa shape index (κ1) is 16.7. The van der Waals surface area contributed by atoms with Crippen molar-refractivity contribution in [3.63, 3.8) is 0 Å². The van der Waals surface area contributed by atoms with Crippen LogP contribution in [0.1, 0.15) is 46.0 Å². The first-order valence-corrected chi connectivity index (χ1v) is 9.71. The number of carbonyl (C=O) groups excluding carboxylic acids is 1. The molecule has 1 aliphatic heterocycles. The van der Waals surface area contributed by atoms with Crippen LogP contribution in [0.3, 0.4) is 0 Å². The van der Waals surface area contributed by atoms with E-state index in [1.807, 2.05) is 4.90 Å². The van der Waals surface area contributed by atoms with Crippen molar-refractivity contribution in [1.82, 2.24) is 9.21 Å². The molecule has 2 fully saturated rings. The van der Waals surface area contributed by atoms with E-state index in [9.17, 15) is 13.2 Å². The molecule has 122 valence electrons. The third-order valence-electron chi connectivity index (χ3n) is 5.26. The quantitative estimate of drug-likeness (QED) is 0.793. The zero-order valence-electron chi connectivity index (χ0n) is 13.4. The Morgan fingerprint density at radius 1 is 1.24 bits per heavy atom. The Morgan fingerprint density at radius 2 is 1.90 bits per heavy atom. The number of amides is 1. The maximum Gasteiger partial charge on any atom is 0.238 e. The fraction of sp³-hybridized carbons (Fsp3) is 0.933. The van der Waals surface area contributed by atoms with Gasteiger partial charge in [-0.2, -0.15) is 4.31 Å². The fourth-order valence-corrected chi connectivity index (χ4v) is 4.57. The molecule has 3 unspecified atom stereocenters. The van der Waals surface area contributed by atoms with E-state index in [2.05, 4.69) is 6.92 Å². The molecule has 0 aromatic rings. The molecule has 0 aromatic carbocycles. The molecule has 3 atom stereocenters. The van der Waals surface area contributed by atoms with Gasteiger partial charge < -0.3 is 4.90 Å². The standard InChI is InChI=1S/C15H28N2O3S/c1-4-21(19,20)16(3)11-15(18)17-10-9-12(2)13-7-5-6-8-14(13)17/h12-14H,4-11H2,1-3H3. The van der Waals surface area contributed by atoms with Crippen LogP contribution in [0.5, 0.6) is 0 Å². The smallest absolute Gasteiger partial charge is 0.238 e. The van der Waals surface area contributed by atoms with Gasteiger partial charge in [0.1, 0.15) is 0 Å². The molecule has 5 nitrogen and oxygen atoms in total. The minimum Gasteiger partial charge on any atom is -0.338 e. The van der Waals surface area contributed by atoms with Gasteiger partial charge in [-0.05, 0) is 38.0 Å². The number of piperidine rings is 1. The average Bonchev–Trinajstić information content (AvgIpc) is 2.47. The van der Waals surface area contributed by atoms with Crippen molar-refractivity contribution in [2.75, 3.05) is 25.9 Å². The Hall–Kier alpha value is -0.620. The number of carbonyl (C=O) groups is 1. The second-order valence-electron chi connectivity index (χ2n) is 6.53. The summed E-state index contributed by atoms with van der Waals surface area (Å²) in [6.45, 7) is 4.66. The summed E-state index contributed by atoms with van der Waals surface area (Å²) in [6, 6.07) is 0.327. The zero-order valence-corrected chi connectivity index (χ0v) is 14.2. The summed E-state index contributed by atoms with van der Waals surface area (Å²) in [4.78, 5) is 14.5. The monoisotopic (exact) mass is 316 g/mol. The molecule has 1 heterocycles. The highest BCUT2D eigenvalue weighted by molar-refractivity contribution is 7.89. The van der Waals surface area contributed by atoms with Gasteiger partial charge in [-0.1, -0.05) is 19.8 Å². The van der Waals surface area contributed by atoms with Crippen LogP contribution >= 0.6 is 0 Å². The number of nitrogens with zero attached hydrogens (tertiary/aromatic N) is 2. The molecule has 2 aliphatic rings. The largest absolute Gasteiger partial charge is 0.338 e. The molecule has 0 bridgehead atoms. The number of fused-ring (bicyclic) bond motifs is 1. The van der Waals surface area contributed by atoms with Crippen molar-refractivity contribution in [2.24, 2.45) is 11.8 Å². The highest BCUT2D eigenvalue weighted by Crippen LogP contribution is 2.38. The molecule has 0 N–H and O–H groups in total. The first-order chi connectivity index (χ1) is 9.86. The number of hydrogen-bond donors (Lipinski definition) is 0. The fourth-order valence-electron chi connectivity index (χ4n) is 3.82. The minimum absolute atomic E-state index is 0.0201. The Balaban J connectivity index is 2.05. The average molecular weight is 316 g/mol. The molecule has 21 heavy (non-hydrogen) atoms. The Kier molecular flexibility index (Phi) is 5.30. The third-order valence-corrected chi connectivity index (χ3v) is 7.06. The third kappa shape index (κ3) is 3.59. The van der Waals surface area contributed by atoms with E-state index in [-0.39, 0.29) is 18.2 Å². The molecule has 1 saturated carbocycles. The van der Waals surface area contributed by atoms with Gasteiger partial charge in [-0.3, -0.25) is 4.79 Å². The van der Waals surface area contributed by atoms with Crippen molar-refractivity contribution in [3.8, 4) is 0 Å². The maximum atomic E-state index is 12.6. The lowest BCUT2D eigenvalue weighted by molar-refractivity contribution is -0.139. The van der Waals surface area contributed by atoms with Crippen LogP contribution in [0.15, 0.2) is 0 Å². The van der Waals surface area contributed by atoms with Gasteiger partial charge >= 0.3 is 0 Å². The number of sulfonamides is 1. The molecular weight excluding hydrogens is 288 g/mol. The molecule has 0 radical (unpaired) electrons. The van der Waals surface area contributed by atoms with E-state index >= 15 is 0 Å². The van der Waals surface area contributed by atoms with Gasteiger partial charge in [0.2, 0.25) is 15.9 Å². The van der Waals surface area contributed by atoms with Gasteiger partial charge in [0.15, 0.2) is 0 Å². The summed E-state index contributed by atoms with van der Waals surface area (Å²) in [5.74, 6) is 1.29. The number of rotatable bonds is 4. The van der Waals surface area contributed by atoms with Gasteiger partial charge in [-0.25, -0.2) is 8.42 Å². The van der Waals surface area contributed by atoms with Crippen molar-refractivity contribution in [2.45, 2.75) is 52.0 Å². The number of likely N-dealkylation sites (N-methyl/N-ethyl adjacent to an activating group) is 1. The molecule has 1 aliphatic carbocycles. The molecule has 1 saturated heterocycles. The normalized spacial score (nSPS) is 30.3. The van der Waals surface area contributed by atoms with Gasteiger partial charge in [0.05, 0.1) is 12.3 Å². The molecular formula is C15H28N2O3S. The van der Waals surface area contributed by atoms with Crippen molar-refractivity contribution in [1.29, 1.82) is 0 Å². The molecule has 1 amide bonds. The first-order valence-electron chi connectivity index (χ1n) is 8.10. The lowest BCUT2D eigenvalue weighted by Crippen LogP contribution is -2.54. The Bertz CT molecular complexity index is 477. The molecule has 0 aromatic heterocycles. The topological polar surface area (TPSA) is 57.7 Å². The molecule has 2 rings (SSSR count). The summed E-state index contributed by atoms with van der Waals surface area (Å²) < 4.78 is 24.8. The zero-order chi connectivity index (χ0) is 15.6. The second-order valence-corrected chi connectivity index (χ2v) is 8.89. The summed E-state index contributed by atoms with van der Waals surface area (Å²) >= 11 is 0. The minimum atomic E-state index is -3.29. The van der Waals surface area contributed by atoms with E-state index in [1.165, 1.54) is 30.6 Å². The van der Waals surface area contributed by atoms with E-state index in [0.29, 0.717) is 17.9 Å². The number of hydrogen-bond acceptors (Lipinski definition) is 3. The highest BCUT2D eigenvalue weighted by atomic mass is 32.2. The molecule has 0 spiro atoms. The summed E-state index contributed by atoms with van der Waals surface area (Å²) in [7, 11) is -1.78. The Morgan fingerprint density at radius 3 is 2.57 bits per heavy atom. The van der Waals surface area contributed by atoms with Crippen LogP contribution < -0.4 is 0 Å². The maximum absolute atomic E-state index is 12.6. The van der Waals surface area contributed by atoms with Crippen LogP contribution in [-0.4, -0.2) is 55.5 Å². The SMILES string of the molecule is CCS(=O)(=O)N(C)CC(=O)N1CCC(C)C2CCCCC21. The van der Waals surface area contributed by atoms with Gasteiger partial charge in [-0.15, -0.1) is 0 Å². The summed E-state index contributed by atoms with van der Waals surface area (Å²) in [5.41, 5.74) is 0. The number of likely N-dealkylation sites (tertiary alicyclic amines) is 1. The second kappa shape index (κ2) is 6.65. The molecule has 6 heteroatoms. The predicted molar refractivity (Wildman–Crippen MR) is 83.3 cm³/mol. The predicted octanol–water partition coefficient (Wildman–Crippen LogP) is 1.70. The van der Waals surface area contributed by atoms with E-state index in [4.69, 9.17) is 0 Å².